The second-order valence-corrected chi connectivity index (χ2v) is 8.68. The van der Waals surface area contributed by atoms with Crippen molar-refractivity contribution in [2.45, 2.75) is 43.7 Å². The predicted molar refractivity (Wildman–Crippen MR) is 101 cm³/mol. The van der Waals surface area contributed by atoms with Crippen LogP contribution in [0, 0.1) is 12.7 Å². The maximum atomic E-state index is 13.0. The molecule has 1 amide bonds. The van der Waals surface area contributed by atoms with Gasteiger partial charge in [-0.15, -0.1) is 0 Å². The fourth-order valence-electron chi connectivity index (χ4n) is 3.21. The quantitative estimate of drug-likeness (QED) is 0.854. The number of benzene rings is 2. The third-order valence-corrected chi connectivity index (χ3v) is 6.69. The van der Waals surface area contributed by atoms with Crippen LogP contribution in [-0.4, -0.2) is 31.2 Å². The Morgan fingerprint density at radius 3 is 2.44 bits per heavy atom. The molecular formula is C20H23FN2O3S. The molecule has 0 aromatic heterocycles. The third-order valence-electron chi connectivity index (χ3n) is 4.76. The number of halogens is 1. The van der Waals surface area contributed by atoms with E-state index in [0.29, 0.717) is 13.0 Å². The van der Waals surface area contributed by atoms with Crippen LogP contribution in [0.3, 0.4) is 0 Å². The van der Waals surface area contributed by atoms with Crippen molar-refractivity contribution in [2.75, 3.05) is 6.54 Å². The molecule has 1 aliphatic rings. The second-order valence-electron chi connectivity index (χ2n) is 6.78. The first-order valence-electron chi connectivity index (χ1n) is 8.98. The van der Waals surface area contributed by atoms with Crippen LogP contribution in [0.1, 0.15) is 30.4 Å². The Morgan fingerprint density at radius 2 is 1.78 bits per heavy atom. The van der Waals surface area contributed by atoms with Crippen LogP contribution in [-0.2, 0) is 21.4 Å². The Balaban J connectivity index is 1.75. The molecule has 27 heavy (non-hydrogen) atoms. The maximum absolute atomic E-state index is 13.0. The van der Waals surface area contributed by atoms with Gasteiger partial charge in [0.1, 0.15) is 11.9 Å². The van der Waals surface area contributed by atoms with Gasteiger partial charge in [0.05, 0.1) is 4.90 Å². The SMILES string of the molecule is Cc1ccc(S(=O)(=O)N2CCCC[C@H]2C(=O)NCc2ccc(F)cc2)cc1. The number of piperidine rings is 1. The molecule has 1 heterocycles. The Hall–Kier alpha value is -2.25. The van der Waals surface area contributed by atoms with Gasteiger partial charge in [0.2, 0.25) is 15.9 Å². The van der Waals surface area contributed by atoms with Crippen LogP contribution >= 0.6 is 0 Å². The second kappa shape index (κ2) is 8.19. The number of hydrogen-bond acceptors (Lipinski definition) is 3. The summed E-state index contributed by atoms with van der Waals surface area (Å²) in [6.45, 7) is 2.45. The van der Waals surface area contributed by atoms with Crippen LogP contribution in [0.15, 0.2) is 53.4 Å². The fraction of sp³-hybridized carbons (Fsp3) is 0.350. The summed E-state index contributed by atoms with van der Waals surface area (Å²) in [5.41, 5.74) is 1.73. The Morgan fingerprint density at radius 1 is 1.11 bits per heavy atom. The van der Waals surface area contributed by atoms with E-state index in [9.17, 15) is 17.6 Å². The lowest BCUT2D eigenvalue weighted by Gasteiger charge is -2.33. The van der Waals surface area contributed by atoms with Crippen LogP contribution in [0.25, 0.3) is 0 Å². The van der Waals surface area contributed by atoms with Crippen molar-refractivity contribution in [1.82, 2.24) is 9.62 Å². The molecule has 0 radical (unpaired) electrons. The first-order chi connectivity index (χ1) is 12.9. The molecule has 0 spiro atoms. The standard InChI is InChI=1S/C20H23FN2O3S/c1-15-5-11-18(12-6-15)27(25,26)23-13-3-2-4-19(23)20(24)22-14-16-7-9-17(21)10-8-16/h5-12,19H,2-4,13-14H2,1H3,(H,22,24)/t19-/m0/s1. The van der Waals surface area contributed by atoms with Crippen molar-refractivity contribution in [3.8, 4) is 0 Å². The number of carbonyl (C=O) groups excluding carboxylic acids is 1. The van der Waals surface area contributed by atoms with E-state index in [2.05, 4.69) is 5.32 Å². The first kappa shape index (κ1) is 19.5. The third kappa shape index (κ3) is 4.54. The number of carbonyl (C=O) groups is 1. The highest BCUT2D eigenvalue weighted by molar-refractivity contribution is 7.89. The molecule has 1 atom stereocenters. The number of amides is 1. The van der Waals surface area contributed by atoms with Gasteiger partial charge in [-0.05, 0) is 49.6 Å². The molecule has 1 saturated heterocycles. The summed E-state index contributed by atoms with van der Waals surface area (Å²) in [5.74, 6) is -0.664. The molecule has 0 bridgehead atoms. The zero-order valence-corrected chi connectivity index (χ0v) is 16.0. The summed E-state index contributed by atoms with van der Waals surface area (Å²) in [6.07, 6.45) is 2.02. The summed E-state index contributed by atoms with van der Waals surface area (Å²) in [5, 5.41) is 2.78. The average Bonchev–Trinajstić information content (AvgIpc) is 2.67. The summed E-state index contributed by atoms with van der Waals surface area (Å²) in [6, 6.07) is 11.8. The highest BCUT2D eigenvalue weighted by Gasteiger charge is 2.37. The minimum atomic E-state index is -3.74. The van der Waals surface area contributed by atoms with Crippen LogP contribution in [0.2, 0.25) is 0 Å². The van der Waals surface area contributed by atoms with Gasteiger partial charge in [-0.25, -0.2) is 12.8 Å². The minimum Gasteiger partial charge on any atom is -0.351 e. The van der Waals surface area contributed by atoms with E-state index in [1.54, 1.807) is 36.4 Å². The van der Waals surface area contributed by atoms with Gasteiger partial charge >= 0.3 is 0 Å². The number of nitrogens with one attached hydrogen (secondary N) is 1. The molecule has 3 rings (SSSR count). The zero-order chi connectivity index (χ0) is 19.4. The summed E-state index contributed by atoms with van der Waals surface area (Å²) in [7, 11) is -3.74. The van der Waals surface area contributed by atoms with E-state index < -0.39 is 16.1 Å². The van der Waals surface area contributed by atoms with Crippen LogP contribution in [0.5, 0.6) is 0 Å². The zero-order valence-electron chi connectivity index (χ0n) is 15.2. The van der Waals surface area contributed by atoms with Gasteiger partial charge in [0, 0.05) is 13.1 Å². The van der Waals surface area contributed by atoms with E-state index in [4.69, 9.17) is 0 Å². The highest BCUT2D eigenvalue weighted by atomic mass is 32.2. The molecular weight excluding hydrogens is 367 g/mol. The Bertz CT molecular complexity index is 896. The van der Waals surface area contributed by atoms with E-state index in [-0.39, 0.29) is 23.2 Å². The fourth-order valence-corrected chi connectivity index (χ4v) is 4.87. The van der Waals surface area contributed by atoms with Crippen molar-refractivity contribution >= 4 is 15.9 Å². The maximum Gasteiger partial charge on any atom is 0.243 e. The number of hydrogen-bond donors (Lipinski definition) is 1. The lowest BCUT2D eigenvalue weighted by Crippen LogP contribution is -2.51. The average molecular weight is 390 g/mol. The molecule has 1 N–H and O–H groups in total. The smallest absolute Gasteiger partial charge is 0.243 e. The monoisotopic (exact) mass is 390 g/mol. The van der Waals surface area contributed by atoms with E-state index in [1.165, 1.54) is 16.4 Å². The lowest BCUT2D eigenvalue weighted by atomic mass is 10.0. The topological polar surface area (TPSA) is 66.5 Å². The molecule has 7 heteroatoms. The summed E-state index contributed by atoms with van der Waals surface area (Å²) in [4.78, 5) is 12.9. The number of nitrogens with zero attached hydrogens (tertiary/aromatic N) is 1. The molecule has 2 aromatic carbocycles. The Labute approximate surface area is 159 Å². The van der Waals surface area contributed by atoms with Crippen molar-refractivity contribution in [2.24, 2.45) is 0 Å². The number of rotatable bonds is 5. The normalized spacial score (nSPS) is 18.2. The van der Waals surface area contributed by atoms with Crippen molar-refractivity contribution in [3.05, 3.63) is 65.5 Å². The van der Waals surface area contributed by atoms with Crippen molar-refractivity contribution in [3.63, 3.8) is 0 Å². The Kier molecular flexibility index (Phi) is 5.92. The van der Waals surface area contributed by atoms with Gasteiger partial charge in [-0.3, -0.25) is 4.79 Å². The molecule has 0 aliphatic carbocycles. The molecule has 0 unspecified atom stereocenters. The molecule has 5 nitrogen and oxygen atoms in total. The van der Waals surface area contributed by atoms with Gasteiger partial charge in [-0.1, -0.05) is 36.2 Å². The van der Waals surface area contributed by atoms with Gasteiger partial charge in [0.25, 0.3) is 0 Å². The van der Waals surface area contributed by atoms with E-state index >= 15 is 0 Å². The molecule has 1 aliphatic heterocycles. The summed E-state index contributed by atoms with van der Waals surface area (Å²) < 4.78 is 40.3. The molecule has 0 saturated carbocycles. The van der Waals surface area contributed by atoms with Crippen molar-refractivity contribution < 1.29 is 17.6 Å². The first-order valence-corrected chi connectivity index (χ1v) is 10.4. The molecule has 1 fully saturated rings. The van der Waals surface area contributed by atoms with Crippen molar-refractivity contribution in [1.29, 1.82) is 0 Å². The van der Waals surface area contributed by atoms with Gasteiger partial charge in [-0.2, -0.15) is 4.31 Å². The molecule has 144 valence electrons. The van der Waals surface area contributed by atoms with Gasteiger partial charge < -0.3 is 5.32 Å². The number of sulfonamides is 1. The largest absolute Gasteiger partial charge is 0.351 e. The summed E-state index contributed by atoms with van der Waals surface area (Å²) >= 11 is 0. The van der Waals surface area contributed by atoms with E-state index in [0.717, 1.165) is 24.0 Å². The minimum absolute atomic E-state index is 0.200. The molecule has 2 aromatic rings. The van der Waals surface area contributed by atoms with Crippen LogP contribution in [0.4, 0.5) is 4.39 Å². The van der Waals surface area contributed by atoms with E-state index in [1.807, 2.05) is 6.92 Å². The van der Waals surface area contributed by atoms with Gasteiger partial charge in [0.15, 0.2) is 0 Å². The predicted octanol–water partition coefficient (Wildman–Crippen LogP) is 2.99. The highest BCUT2D eigenvalue weighted by Crippen LogP contribution is 2.26. The number of aryl methyl sites for hydroxylation is 1. The lowest BCUT2D eigenvalue weighted by molar-refractivity contribution is -0.125. The van der Waals surface area contributed by atoms with Crippen LogP contribution < -0.4 is 5.32 Å².